The first kappa shape index (κ1) is 35.0. The van der Waals surface area contributed by atoms with Crippen molar-refractivity contribution in [3.63, 3.8) is 0 Å². The van der Waals surface area contributed by atoms with Crippen LogP contribution in [0.25, 0.3) is 0 Å². The molecule has 0 heterocycles. The van der Waals surface area contributed by atoms with E-state index in [-0.39, 0.29) is 35.2 Å². The normalized spacial score (nSPS) is 14.0. The second-order valence-corrected chi connectivity index (χ2v) is 12.1. The molecule has 11 nitrogen and oxygen atoms in total. The van der Waals surface area contributed by atoms with Crippen molar-refractivity contribution in [2.45, 2.75) is 66.0 Å². The van der Waals surface area contributed by atoms with Gasteiger partial charge in [0.05, 0.1) is 19.8 Å². The van der Waals surface area contributed by atoms with Crippen LogP contribution in [0, 0.1) is 17.3 Å². The summed E-state index contributed by atoms with van der Waals surface area (Å²) in [5, 5.41) is 19.6. The summed E-state index contributed by atoms with van der Waals surface area (Å²) in [7, 11) is 3.27. The standard InChI is InChI=1S/C31H50N4O7/c1-19(2)22(13-21-9-10-25(41-7)26(14-21)42-12-8-11-40-6)15-23(32)24(37)16-33-27-28(30(39)29(27)38)35-18-31(4,5)17-34-20(3)36/h9-10,14,19,22-24,33,35,37H,8,11-13,15-18,32H2,1-7H3,(H,34,36)/t22-,23-,24-/m0/s1. The average Bonchev–Trinajstić information content (AvgIpc) is 2.94. The summed E-state index contributed by atoms with van der Waals surface area (Å²) in [6.07, 6.45) is 1.13. The molecule has 0 aliphatic rings. The van der Waals surface area contributed by atoms with Crippen LogP contribution in [-0.4, -0.2) is 70.2 Å². The van der Waals surface area contributed by atoms with Gasteiger partial charge in [-0.25, -0.2) is 0 Å². The number of methoxy groups -OCH3 is 2. The Balaban J connectivity index is 1.98. The molecule has 0 bridgehead atoms. The van der Waals surface area contributed by atoms with Crippen LogP contribution in [0.3, 0.4) is 0 Å². The van der Waals surface area contributed by atoms with E-state index in [9.17, 15) is 19.5 Å². The summed E-state index contributed by atoms with van der Waals surface area (Å²) >= 11 is 0. The van der Waals surface area contributed by atoms with Gasteiger partial charge in [-0.1, -0.05) is 33.8 Å². The van der Waals surface area contributed by atoms with Gasteiger partial charge in [0.2, 0.25) is 5.91 Å². The van der Waals surface area contributed by atoms with E-state index in [0.29, 0.717) is 50.1 Å². The van der Waals surface area contributed by atoms with Gasteiger partial charge in [-0.3, -0.25) is 14.4 Å². The molecule has 0 spiro atoms. The highest BCUT2D eigenvalue weighted by molar-refractivity contribution is 5.74. The second kappa shape index (κ2) is 16.5. The largest absolute Gasteiger partial charge is 0.493 e. The summed E-state index contributed by atoms with van der Waals surface area (Å²) in [6, 6.07) is 5.35. The molecule has 2 aromatic carbocycles. The lowest BCUT2D eigenvalue weighted by Crippen LogP contribution is -2.45. The Morgan fingerprint density at radius 3 is 2.29 bits per heavy atom. The van der Waals surface area contributed by atoms with Crippen LogP contribution in [-0.2, 0) is 16.0 Å². The quantitative estimate of drug-likeness (QED) is 0.114. The van der Waals surface area contributed by atoms with Crippen molar-refractivity contribution in [2.75, 3.05) is 57.7 Å². The molecule has 11 heteroatoms. The molecule has 1 amide bonds. The molecule has 0 saturated heterocycles. The molecule has 3 atom stereocenters. The summed E-state index contributed by atoms with van der Waals surface area (Å²) in [5.41, 5.74) is 6.27. The summed E-state index contributed by atoms with van der Waals surface area (Å²) in [5.74, 6) is 1.69. The van der Waals surface area contributed by atoms with Gasteiger partial charge in [-0.2, -0.15) is 0 Å². The van der Waals surface area contributed by atoms with Gasteiger partial charge in [0.15, 0.2) is 11.5 Å². The van der Waals surface area contributed by atoms with Gasteiger partial charge < -0.3 is 41.0 Å². The molecule has 2 rings (SSSR count). The molecule has 0 saturated carbocycles. The van der Waals surface area contributed by atoms with Gasteiger partial charge >= 0.3 is 0 Å². The van der Waals surface area contributed by atoms with Crippen LogP contribution >= 0.6 is 0 Å². The van der Waals surface area contributed by atoms with E-state index in [1.807, 2.05) is 32.0 Å². The van der Waals surface area contributed by atoms with E-state index in [0.717, 1.165) is 18.4 Å². The molecule has 0 aromatic heterocycles. The zero-order valence-electron chi connectivity index (χ0n) is 26.2. The van der Waals surface area contributed by atoms with Crippen LogP contribution in [0.15, 0.2) is 27.8 Å². The Morgan fingerprint density at radius 2 is 1.69 bits per heavy atom. The molecule has 2 aromatic rings. The van der Waals surface area contributed by atoms with Gasteiger partial charge in [0.1, 0.15) is 11.4 Å². The van der Waals surface area contributed by atoms with Crippen LogP contribution in [0.1, 0.15) is 53.0 Å². The third kappa shape index (κ3) is 10.6. The number of anilines is 2. The van der Waals surface area contributed by atoms with Gasteiger partial charge in [-0.15, -0.1) is 0 Å². The lowest BCUT2D eigenvalue weighted by Gasteiger charge is -2.28. The van der Waals surface area contributed by atoms with E-state index in [2.05, 4.69) is 29.8 Å². The van der Waals surface area contributed by atoms with Crippen molar-refractivity contribution < 1.29 is 24.1 Å². The van der Waals surface area contributed by atoms with E-state index in [1.54, 1.807) is 14.2 Å². The maximum absolute atomic E-state index is 12.2. The zero-order chi connectivity index (χ0) is 31.4. The molecule has 0 fully saturated rings. The SMILES string of the molecule is COCCCOc1cc(C[C@@H](C[C@H](N)[C@@H](O)CNc2c(NCC(C)(C)CNC(C)=O)c(=O)c2=O)C(C)C)ccc1OC. The number of amides is 1. The number of aliphatic hydroxyl groups excluding tert-OH is 1. The second-order valence-electron chi connectivity index (χ2n) is 12.1. The molecule has 6 N–H and O–H groups in total. The molecule has 236 valence electrons. The lowest BCUT2D eigenvalue weighted by atomic mass is 9.83. The molecule has 0 unspecified atom stereocenters. The number of rotatable bonds is 20. The predicted octanol–water partition coefficient (Wildman–Crippen LogP) is 2.29. The fourth-order valence-electron chi connectivity index (χ4n) is 4.59. The number of hydrogen-bond acceptors (Lipinski definition) is 10. The van der Waals surface area contributed by atoms with E-state index >= 15 is 0 Å². The first-order chi connectivity index (χ1) is 19.8. The number of aliphatic hydroxyl groups is 1. The fraction of sp³-hybridized carbons (Fsp3) is 0.645. The van der Waals surface area contributed by atoms with Crippen molar-refractivity contribution in [3.05, 3.63) is 44.2 Å². The van der Waals surface area contributed by atoms with Gasteiger partial charge in [0.25, 0.3) is 10.9 Å². The Kier molecular flexibility index (Phi) is 13.8. The number of carbonyl (C=O) groups excluding carboxylic acids is 1. The minimum absolute atomic E-state index is 0.0306. The number of nitrogens with two attached hydrogens (primary N) is 1. The summed E-state index contributed by atoms with van der Waals surface area (Å²) in [4.78, 5) is 35.7. The summed E-state index contributed by atoms with van der Waals surface area (Å²) in [6.45, 7) is 11.5. The monoisotopic (exact) mass is 590 g/mol. The third-order valence-corrected chi connectivity index (χ3v) is 7.45. The van der Waals surface area contributed by atoms with Gasteiger partial charge in [0, 0.05) is 52.7 Å². The van der Waals surface area contributed by atoms with E-state index < -0.39 is 23.0 Å². The lowest BCUT2D eigenvalue weighted by molar-refractivity contribution is -0.119. The van der Waals surface area contributed by atoms with Crippen molar-refractivity contribution >= 4 is 17.3 Å². The smallest absolute Gasteiger partial charge is 0.253 e. The number of carbonyl (C=O) groups is 1. The summed E-state index contributed by atoms with van der Waals surface area (Å²) < 4.78 is 16.5. The van der Waals surface area contributed by atoms with Crippen molar-refractivity contribution in [1.82, 2.24) is 5.32 Å². The van der Waals surface area contributed by atoms with E-state index in [1.165, 1.54) is 6.92 Å². The molecular weight excluding hydrogens is 540 g/mol. The Labute approximate surface area is 249 Å². The van der Waals surface area contributed by atoms with Crippen LogP contribution < -0.4 is 42.0 Å². The molecule has 42 heavy (non-hydrogen) atoms. The van der Waals surface area contributed by atoms with Crippen molar-refractivity contribution in [1.29, 1.82) is 0 Å². The molecule has 0 radical (unpaired) electrons. The van der Waals surface area contributed by atoms with E-state index in [4.69, 9.17) is 19.9 Å². The number of benzene rings is 1. The topological polar surface area (TPSA) is 161 Å². The Morgan fingerprint density at radius 1 is 1.02 bits per heavy atom. The first-order valence-electron chi connectivity index (χ1n) is 14.6. The minimum Gasteiger partial charge on any atom is -0.493 e. The molecule has 0 aliphatic carbocycles. The number of nitrogens with one attached hydrogen (secondary N) is 3. The van der Waals surface area contributed by atoms with Crippen LogP contribution in [0.4, 0.5) is 11.4 Å². The first-order valence-corrected chi connectivity index (χ1v) is 14.6. The Bertz CT molecular complexity index is 1210. The maximum Gasteiger partial charge on any atom is 0.253 e. The predicted molar refractivity (Wildman–Crippen MR) is 166 cm³/mol. The molecular formula is C31H50N4O7. The Hall–Kier alpha value is -3.15. The maximum atomic E-state index is 12.2. The highest BCUT2D eigenvalue weighted by atomic mass is 16.5. The van der Waals surface area contributed by atoms with Crippen molar-refractivity contribution in [2.24, 2.45) is 23.0 Å². The highest BCUT2D eigenvalue weighted by Gasteiger charge is 2.27. The number of ether oxygens (including phenoxy) is 3. The van der Waals surface area contributed by atoms with Crippen LogP contribution in [0.5, 0.6) is 11.5 Å². The molecule has 0 aliphatic heterocycles. The van der Waals surface area contributed by atoms with Crippen LogP contribution in [0.2, 0.25) is 0 Å². The highest BCUT2D eigenvalue weighted by Crippen LogP contribution is 2.31. The van der Waals surface area contributed by atoms with Gasteiger partial charge in [-0.05, 0) is 47.8 Å². The third-order valence-electron chi connectivity index (χ3n) is 7.45. The minimum atomic E-state index is -0.935. The number of hydrogen-bond donors (Lipinski definition) is 5. The fourth-order valence-corrected chi connectivity index (χ4v) is 4.59. The average molecular weight is 591 g/mol. The zero-order valence-corrected chi connectivity index (χ0v) is 26.2. The van der Waals surface area contributed by atoms with Crippen molar-refractivity contribution in [3.8, 4) is 11.5 Å².